The molecule has 2 aromatic heterocycles. The molecule has 0 saturated carbocycles. The first-order chi connectivity index (χ1) is 9.25. The normalized spacial score (nSPS) is 10.7. The van der Waals surface area contributed by atoms with E-state index >= 15 is 0 Å². The molecule has 0 saturated heterocycles. The number of hydrogen-bond acceptors (Lipinski definition) is 6. The van der Waals surface area contributed by atoms with Gasteiger partial charge in [0.05, 0.1) is 9.82 Å². The summed E-state index contributed by atoms with van der Waals surface area (Å²) in [6, 6.07) is 8.58. The molecule has 0 radical (unpaired) electrons. The summed E-state index contributed by atoms with van der Waals surface area (Å²) >= 11 is 2.81. The van der Waals surface area contributed by atoms with Gasteiger partial charge in [0, 0.05) is 11.5 Å². The number of hydrogen-bond donors (Lipinski definition) is 0. The van der Waals surface area contributed by atoms with Gasteiger partial charge >= 0.3 is 0 Å². The van der Waals surface area contributed by atoms with Crippen molar-refractivity contribution in [3.8, 4) is 0 Å². The van der Waals surface area contributed by atoms with Crippen LogP contribution in [-0.4, -0.2) is 14.9 Å². The lowest BCUT2D eigenvalue weighted by atomic mass is 10.3. The predicted octanol–water partition coefficient (Wildman–Crippen LogP) is 3.75. The third kappa shape index (κ3) is 2.29. The number of rotatable bonds is 3. The van der Waals surface area contributed by atoms with Gasteiger partial charge in [0.1, 0.15) is 16.2 Å². The maximum atomic E-state index is 11.0. The Morgan fingerprint density at radius 3 is 2.89 bits per heavy atom. The number of benzene rings is 1. The Bertz CT molecular complexity index is 757. The van der Waals surface area contributed by atoms with Crippen LogP contribution in [0.5, 0.6) is 0 Å². The van der Waals surface area contributed by atoms with Gasteiger partial charge in [-0.2, -0.15) is 0 Å². The molecule has 0 unspecified atom stereocenters. The van der Waals surface area contributed by atoms with Crippen LogP contribution in [0.15, 0.2) is 52.0 Å². The van der Waals surface area contributed by atoms with Crippen molar-refractivity contribution in [3.05, 3.63) is 52.2 Å². The summed E-state index contributed by atoms with van der Waals surface area (Å²) in [7, 11) is 0. The van der Waals surface area contributed by atoms with E-state index in [1.54, 1.807) is 18.2 Å². The van der Waals surface area contributed by atoms with Crippen molar-refractivity contribution in [1.82, 2.24) is 9.97 Å². The van der Waals surface area contributed by atoms with Crippen LogP contribution < -0.4 is 0 Å². The summed E-state index contributed by atoms with van der Waals surface area (Å²) in [6.45, 7) is 0. The Labute approximate surface area is 116 Å². The van der Waals surface area contributed by atoms with E-state index in [2.05, 4.69) is 9.97 Å². The first-order valence-corrected chi connectivity index (χ1v) is 7.05. The van der Waals surface area contributed by atoms with Crippen molar-refractivity contribution in [2.75, 3.05) is 0 Å². The Morgan fingerprint density at radius 2 is 2.05 bits per heavy atom. The second-order valence-corrected chi connectivity index (χ2v) is 5.57. The van der Waals surface area contributed by atoms with Gasteiger partial charge < -0.3 is 0 Å². The monoisotopic (exact) mass is 289 g/mol. The van der Waals surface area contributed by atoms with E-state index in [-0.39, 0.29) is 10.6 Å². The van der Waals surface area contributed by atoms with Gasteiger partial charge in [-0.05, 0) is 17.5 Å². The van der Waals surface area contributed by atoms with Crippen molar-refractivity contribution in [2.45, 2.75) is 9.92 Å². The number of nitro benzene ring substituents is 1. The van der Waals surface area contributed by atoms with Crippen LogP contribution in [0.4, 0.5) is 5.69 Å². The van der Waals surface area contributed by atoms with E-state index in [0.717, 1.165) is 15.2 Å². The average Bonchev–Trinajstić information content (AvgIpc) is 2.88. The first kappa shape index (κ1) is 12.1. The van der Waals surface area contributed by atoms with Gasteiger partial charge in [-0.15, -0.1) is 11.3 Å². The highest BCUT2D eigenvalue weighted by Crippen LogP contribution is 2.37. The lowest BCUT2D eigenvalue weighted by Crippen LogP contribution is -1.91. The number of nitro groups is 1. The fourth-order valence-electron chi connectivity index (χ4n) is 1.65. The molecule has 2 heterocycles. The molecule has 0 spiro atoms. The molecule has 0 bridgehead atoms. The van der Waals surface area contributed by atoms with Gasteiger partial charge in [-0.3, -0.25) is 10.1 Å². The molecule has 0 atom stereocenters. The molecule has 0 fully saturated rings. The Kier molecular flexibility index (Phi) is 3.14. The molecule has 0 aliphatic rings. The molecule has 0 aliphatic heterocycles. The van der Waals surface area contributed by atoms with Crippen molar-refractivity contribution in [2.24, 2.45) is 0 Å². The maximum absolute atomic E-state index is 11.0. The van der Waals surface area contributed by atoms with E-state index < -0.39 is 0 Å². The second kappa shape index (κ2) is 4.94. The minimum absolute atomic E-state index is 0.0921. The quantitative estimate of drug-likeness (QED) is 0.417. The van der Waals surface area contributed by atoms with Gasteiger partial charge in [-0.25, -0.2) is 9.97 Å². The van der Waals surface area contributed by atoms with Gasteiger partial charge in [0.2, 0.25) is 0 Å². The fraction of sp³-hybridized carbons (Fsp3) is 0. The number of nitrogens with zero attached hydrogens (tertiary/aromatic N) is 3. The minimum atomic E-state index is -0.381. The molecule has 19 heavy (non-hydrogen) atoms. The molecule has 5 nitrogen and oxygen atoms in total. The number of para-hydroxylation sites is 1. The zero-order chi connectivity index (χ0) is 13.2. The van der Waals surface area contributed by atoms with Crippen LogP contribution >= 0.6 is 23.1 Å². The van der Waals surface area contributed by atoms with Crippen LogP contribution in [0.25, 0.3) is 10.2 Å². The van der Waals surface area contributed by atoms with Crippen LogP contribution in [0.1, 0.15) is 0 Å². The molecule has 0 aliphatic carbocycles. The molecule has 3 aromatic rings. The lowest BCUT2D eigenvalue weighted by molar-refractivity contribution is -0.387. The van der Waals surface area contributed by atoms with Crippen molar-refractivity contribution >= 4 is 39.0 Å². The predicted molar refractivity (Wildman–Crippen MR) is 74.6 cm³/mol. The number of aromatic nitrogens is 2. The standard InChI is InChI=1S/C12H7N3O2S2/c16-15(17)9-3-1-2-4-10(9)19-12-8-5-6-18-11(8)13-7-14-12/h1-7H. The van der Waals surface area contributed by atoms with E-state index in [4.69, 9.17) is 0 Å². The average molecular weight is 289 g/mol. The van der Waals surface area contributed by atoms with E-state index in [0.29, 0.717) is 4.90 Å². The third-order valence-corrected chi connectivity index (χ3v) is 4.40. The van der Waals surface area contributed by atoms with Gasteiger partial charge in [0.25, 0.3) is 5.69 Å². The lowest BCUT2D eigenvalue weighted by Gasteiger charge is -2.02. The Balaban J connectivity index is 2.06. The van der Waals surface area contributed by atoms with Gasteiger partial charge in [0.15, 0.2) is 0 Å². The molecule has 0 N–H and O–H groups in total. The molecule has 3 rings (SSSR count). The molecular formula is C12H7N3O2S2. The zero-order valence-corrected chi connectivity index (χ0v) is 11.1. The van der Waals surface area contributed by atoms with Crippen molar-refractivity contribution in [1.29, 1.82) is 0 Å². The van der Waals surface area contributed by atoms with Crippen LogP contribution in [0.2, 0.25) is 0 Å². The van der Waals surface area contributed by atoms with E-state index in [1.807, 2.05) is 11.4 Å². The molecule has 0 amide bonds. The first-order valence-electron chi connectivity index (χ1n) is 5.35. The minimum Gasteiger partial charge on any atom is -0.258 e. The summed E-state index contributed by atoms with van der Waals surface area (Å²) in [6.07, 6.45) is 1.48. The zero-order valence-electron chi connectivity index (χ0n) is 9.52. The molecule has 1 aromatic carbocycles. The SMILES string of the molecule is O=[N+]([O-])c1ccccc1Sc1ncnc2sccc12. The fourth-order valence-corrected chi connectivity index (χ4v) is 3.42. The summed E-state index contributed by atoms with van der Waals surface area (Å²) in [4.78, 5) is 20.4. The summed E-state index contributed by atoms with van der Waals surface area (Å²) in [5, 5.41) is 14.6. The van der Waals surface area contributed by atoms with Crippen molar-refractivity contribution < 1.29 is 4.92 Å². The number of fused-ring (bicyclic) bond motifs is 1. The topological polar surface area (TPSA) is 68.9 Å². The highest BCUT2D eigenvalue weighted by atomic mass is 32.2. The largest absolute Gasteiger partial charge is 0.283 e. The molecular weight excluding hydrogens is 282 g/mol. The van der Waals surface area contributed by atoms with Crippen molar-refractivity contribution in [3.63, 3.8) is 0 Å². The summed E-state index contributed by atoms with van der Waals surface area (Å²) in [5.74, 6) is 0. The highest BCUT2D eigenvalue weighted by molar-refractivity contribution is 7.99. The van der Waals surface area contributed by atoms with Crippen LogP contribution in [0, 0.1) is 10.1 Å². The van der Waals surface area contributed by atoms with Gasteiger partial charge in [-0.1, -0.05) is 23.9 Å². The Morgan fingerprint density at radius 1 is 1.21 bits per heavy atom. The maximum Gasteiger partial charge on any atom is 0.283 e. The van der Waals surface area contributed by atoms with Crippen LogP contribution in [0.3, 0.4) is 0 Å². The Hall–Kier alpha value is -1.99. The number of thiophene rings is 1. The third-order valence-electron chi connectivity index (χ3n) is 2.49. The second-order valence-electron chi connectivity index (χ2n) is 3.65. The smallest absolute Gasteiger partial charge is 0.258 e. The van der Waals surface area contributed by atoms with Crippen LogP contribution in [-0.2, 0) is 0 Å². The summed E-state index contributed by atoms with van der Waals surface area (Å²) < 4.78 is 0. The van der Waals surface area contributed by atoms with E-state index in [1.165, 1.54) is 35.5 Å². The van der Waals surface area contributed by atoms with E-state index in [9.17, 15) is 10.1 Å². The molecule has 94 valence electrons. The highest BCUT2D eigenvalue weighted by Gasteiger charge is 2.15. The molecule has 7 heteroatoms. The summed E-state index contributed by atoms with van der Waals surface area (Å²) in [5.41, 5.74) is 0.0921.